The Bertz CT molecular complexity index is 222. The summed E-state index contributed by atoms with van der Waals surface area (Å²) in [6, 6.07) is 0. The van der Waals surface area contributed by atoms with Gasteiger partial charge in [-0.25, -0.2) is 4.79 Å². The van der Waals surface area contributed by atoms with Gasteiger partial charge in [0.25, 0.3) is 0 Å². The Morgan fingerprint density at radius 2 is 1.71 bits per heavy atom. The minimum atomic E-state index is -1.67. The number of carboxylic acids is 1. The Morgan fingerprint density at radius 3 is 2.07 bits per heavy atom. The Morgan fingerprint density at radius 1 is 1.21 bits per heavy atom. The van der Waals surface area contributed by atoms with E-state index in [1.807, 2.05) is 0 Å². The van der Waals surface area contributed by atoms with Crippen LogP contribution in [-0.4, -0.2) is 33.9 Å². The molecule has 0 aliphatic carbocycles. The van der Waals surface area contributed by atoms with Crippen molar-refractivity contribution in [3.8, 4) is 0 Å². The van der Waals surface area contributed by atoms with Crippen LogP contribution in [0.5, 0.6) is 0 Å². The van der Waals surface area contributed by atoms with Gasteiger partial charge in [-0.05, 0) is 6.92 Å². The van der Waals surface area contributed by atoms with Crippen molar-refractivity contribution in [3.05, 3.63) is 0 Å². The van der Waals surface area contributed by atoms with Crippen LogP contribution in [0.25, 0.3) is 0 Å². The maximum Gasteiger partial charge on any atom is 0.332 e. The molecular weight excluding hydrogens is 188 g/mol. The molecule has 0 aliphatic rings. The predicted octanol–water partition coefficient (Wildman–Crippen LogP) is 0.00630. The highest BCUT2D eigenvalue weighted by Gasteiger charge is 2.20. The topological polar surface area (TPSA) is 91.7 Å². The quantitative estimate of drug-likeness (QED) is 0.632. The second-order valence-electron chi connectivity index (χ2n) is 3.31. The van der Waals surface area contributed by atoms with E-state index in [1.54, 1.807) is 6.92 Å². The van der Waals surface area contributed by atoms with Crippen molar-refractivity contribution in [2.45, 2.75) is 32.8 Å². The summed E-state index contributed by atoms with van der Waals surface area (Å²) in [7, 11) is 0. The second-order valence-corrected chi connectivity index (χ2v) is 3.31. The van der Waals surface area contributed by atoms with Gasteiger partial charge < -0.3 is 10.2 Å². The molecule has 0 rings (SSSR count). The van der Waals surface area contributed by atoms with Crippen LogP contribution < -0.4 is 0 Å². The van der Waals surface area contributed by atoms with E-state index < -0.39 is 30.2 Å². The molecule has 0 heterocycles. The molecule has 80 valence electrons. The molecule has 0 amide bonds. The predicted molar refractivity (Wildman–Crippen MR) is 47.7 cm³/mol. The number of carbonyl (C=O) groups is 3. The lowest BCUT2D eigenvalue weighted by Crippen LogP contribution is -2.24. The van der Waals surface area contributed by atoms with Crippen LogP contribution in [-0.2, 0) is 14.4 Å². The molecule has 5 heteroatoms. The lowest BCUT2D eigenvalue weighted by Gasteiger charge is -2.07. The van der Waals surface area contributed by atoms with Crippen LogP contribution in [0.3, 0.4) is 0 Å². The van der Waals surface area contributed by atoms with Gasteiger partial charge in [-0.1, -0.05) is 6.92 Å². The van der Waals surface area contributed by atoms with Gasteiger partial charge in [0.2, 0.25) is 0 Å². The molecule has 0 saturated heterocycles. The number of ketones is 2. The third-order valence-corrected chi connectivity index (χ3v) is 1.93. The molecule has 0 aromatic carbocycles. The van der Waals surface area contributed by atoms with Crippen molar-refractivity contribution in [1.82, 2.24) is 0 Å². The number of aliphatic carboxylic acids is 1. The van der Waals surface area contributed by atoms with Crippen molar-refractivity contribution in [1.29, 1.82) is 0 Å². The fourth-order valence-corrected chi connectivity index (χ4v) is 0.872. The molecule has 0 spiro atoms. The van der Waals surface area contributed by atoms with Crippen molar-refractivity contribution < 1.29 is 24.6 Å². The van der Waals surface area contributed by atoms with Crippen LogP contribution in [0.1, 0.15) is 26.7 Å². The van der Waals surface area contributed by atoms with E-state index >= 15 is 0 Å². The highest BCUT2D eigenvalue weighted by Crippen LogP contribution is 2.07. The number of hydrogen-bond acceptors (Lipinski definition) is 4. The maximum absolute atomic E-state index is 11.1. The fraction of sp³-hybridized carbons (Fsp3) is 0.667. The molecule has 0 aromatic heterocycles. The molecule has 0 aromatic rings. The van der Waals surface area contributed by atoms with E-state index in [4.69, 9.17) is 10.2 Å². The number of aliphatic hydroxyl groups is 1. The molecule has 0 radical (unpaired) electrons. The van der Waals surface area contributed by atoms with E-state index in [0.717, 1.165) is 0 Å². The number of aliphatic hydroxyl groups excluding tert-OH is 1. The summed E-state index contributed by atoms with van der Waals surface area (Å²) >= 11 is 0. The first kappa shape index (κ1) is 12.8. The van der Waals surface area contributed by atoms with E-state index in [9.17, 15) is 14.4 Å². The summed E-state index contributed by atoms with van der Waals surface area (Å²) in [5.41, 5.74) is 0. The van der Waals surface area contributed by atoms with Crippen molar-refractivity contribution in [2.75, 3.05) is 0 Å². The Balaban J connectivity index is 3.99. The van der Waals surface area contributed by atoms with Crippen LogP contribution >= 0.6 is 0 Å². The average molecular weight is 202 g/mol. The number of hydrogen-bond donors (Lipinski definition) is 2. The number of carboxylic acid groups (broad SMARTS) is 1. The number of carbonyl (C=O) groups excluding carboxylic acids is 2. The van der Waals surface area contributed by atoms with Crippen LogP contribution in [0.4, 0.5) is 0 Å². The second kappa shape index (κ2) is 5.49. The highest BCUT2D eigenvalue weighted by atomic mass is 16.4. The van der Waals surface area contributed by atoms with Gasteiger partial charge in [0.05, 0.1) is 0 Å². The Kier molecular flexibility index (Phi) is 5.01. The smallest absolute Gasteiger partial charge is 0.332 e. The highest BCUT2D eigenvalue weighted by molar-refractivity contribution is 5.89. The molecule has 0 saturated carbocycles. The number of Topliss-reactive ketones (excluding diaryl/α,β-unsaturated/α-hetero) is 2. The first-order valence-corrected chi connectivity index (χ1v) is 4.27. The number of rotatable bonds is 6. The summed E-state index contributed by atoms with van der Waals surface area (Å²) < 4.78 is 0. The van der Waals surface area contributed by atoms with E-state index in [2.05, 4.69) is 0 Å². The van der Waals surface area contributed by atoms with E-state index in [0.29, 0.717) is 0 Å². The third kappa shape index (κ3) is 4.71. The third-order valence-electron chi connectivity index (χ3n) is 1.93. The minimum Gasteiger partial charge on any atom is -0.479 e. The molecule has 2 N–H and O–H groups in total. The largest absolute Gasteiger partial charge is 0.479 e. The zero-order chi connectivity index (χ0) is 11.3. The van der Waals surface area contributed by atoms with Crippen molar-refractivity contribution in [2.24, 2.45) is 5.92 Å². The summed E-state index contributed by atoms with van der Waals surface area (Å²) in [5, 5.41) is 17.1. The van der Waals surface area contributed by atoms with Crippen LogP contribution in [0, 0.1) is 5.92 Å². The zero-order valence-corrected chi connectivity index (χ0v) is 8.19. The van der Waals surface area contributed by atoms with Crippen molar-refractivity contribution >= 4 is 17.5 Å². The molecule has 2 atom stereocenters. The van der Waals surface area contributed by atoms with Gasteiger partial charge in [0.15, 0.2) is 6.10 Å². The molecule has 0 aliphatic heterocycles. The van der Waals surface area contributed by atoms with Crippen LogP contribution in [0.2, 0.25) is 0 Å². The molecule has 5 nitrogen and oxygen atoms in total. The van der Waals surface area contributed by atoms with E-state index in [-0.39, 0.29) is 12.2 Å². The van der Waals surface area contributed by atoms with Gasteiger partial charge in [-0.3, -0.25) is 9.59 Å². The summed E-state index contributed by atoms with van der Waals surface area (Å²) in [4.78, 5) is 32.1. The van der Waals surface area contributed by atoms with Crippen molar-refractivity contribution in [3.63, 3.8) is 0 Å². The first-order valence-electron chi connectivity index (χ1n) is 4.27. The van der Waals surface area contributed by atoms with Crippen LogP contribution in [0.15, 0.2) is 0 Å². The standard InChI is InChI=1S/C9H14O5/c1-5(6(2)10)3-7(11)4-8(12)9(13)14/h5,8,12H,3-4H2,1-2H3,(H,13,14)/t5-,8+/m1/s1. The fourth-order valence-electron chi connectivity index (χ4n) is 0.872. The molecule has 0 bridgehead atoms. The summed E-state index contributed by atoms with van der Waals surface area (Å²) in [6.45, 7) is 2.96. The van der Waals surface area contributed by atoms with E-state index in [1.165, 1.54) is 6.92 Å². The average Bonchev–Trinajstić information content (AvgIpc) is 2.03. The minimum absolute atomic E-state index is 0.0142. The summed E-state index contributed by atoms with van der Waals surface area (Å²) in [5.74, 6) is -2.37. The van der Waals surface area contributed by atoms with Gasteiger partial charge in [0.1, 0.15) is 11.6 Å². The van der Waals surface area contributed by atoms with Gasteiger partial charge in [-0.2, -0.15) is 0 Å². The summed E-state index contributed by atoms with van der Waals surface area (Å²) in [6.07, 6.45) is -2.12. The Hall–Kier alpha value is -1.23. The Labute approximate surface area is 81.7 Å². The lowest BCUT2D eigenvalue weighted by atomic mass is 9.98. The SMILES string of the molecule is CC(=O)[C@H](C)CC(=O)C[C@H](O)C(=O)O. The molecular formula is C9H14O5. The zero-order valence-electron chi connectivity index (χ0n) is 8.19. The maximum atomic E-state index is 11.1. The van der Waals surface area contributed by atoms with Gasteiger partial charge in [0, 0.05) is 18.8 Å². The lowest BCUT2D eigenvalue weighted by molar-refractivity contribution is -0.149. The van der Waals surface area contributed by atoms with Gasteiger partial charge in [-0.15, -0.1) is 0 Å². The first-order chi connectivity index (χ1) is 6.34. The van der Waals surface area contributed by atoms with Gasteiger partial charge >= 0.3 is 5.97 Å². The normalized spacial score (nSPS) is 14.5. The monoisotopic (exact) mass is 202 g/mol. The molecule has 14 heavy (non-hydrogen) atoms. The molecule has 0 fully saturated rings. The molecule has 0 unspecified atom stereocenters.